The maximum absolute atomic E-state index is 11.0. The molecule has 3 rings (SSSR count). The van der Waals surface area contributed by atoms with Crippen molar-refractivity contribution >= 4 is 23.1 Å². The fourth-order valence-electron chi connectivity index (χ4n) is 2.09. The van der Waals surface area contributed by atoms with E-state index in [1.54, 1.807) is 10.9 Å². The molecule has 0 bridgehead atoms. The van der Waals surface area contributed by atoms with Gasteiger partial charge < -0.3 is 15.9 Å². The number of amides is 1. The summed E-state index contributed by atoms with van der Waals surface area (Å²) in [5.41, 5.74) is 7.77. The van der Waals surface area contributed by atoms with E-state index in [2.05, 4.69) is 15.6 Å². The number of nitrogens with zero attached hydrogens (tertiary/aromatic N) is 3. The van der Waals surface area contributed by atoms with E-state index >= 15 is 0 Å². The highest BCUT2D eigenvalue weighted by molar-refractivity contribution is 6.04. The van der Waals surface area contributed by atoms with Crippen LogP contribution in [0.2, 0.25) is 0 Å². The molecule has 0 aliphatic carbocycles. The molecule has 1 amide bonds. The summed E-state index contributed by atoms with van der Waals surface area (Å²) < 4.78 is 1.75. The molecule has 0 saturated heterocycles. The number of anilines is 2. The quantitative estimate of drug-likeness (QED) is 0.880. The number of aromatic nitrogens is 2. The predicted molar refractivity (Wildman–Crippen MR) is 78.2 cm³/mol. The van der Waals surface area contributed by atoms with E-state index in [0.717, 1.165) is 22.8 Å². The van der Waals surface area contributed by atoms with E-state index in [4.69, 9.17) is 10.6 Å². The molecule has 3 N–H and O–H groups in total. The molecule has 1 atom stereocenters. The standard InChI is InChI=1S/C14H15N5O2/c1-19-13(6-7-16-19)17-10-4-2-9(3-5-10)11-8-12(14(15)20)21-18-11/h2-7,12,17H,8H2,1H3,(H2,15,20). The lowest BCUT2D eigenvalue weighted by Gasteiger charge is -2.07. The first-order valence-corrected chi connectivity index (χ1v) is 6.51. The number of primary amides is 1. The van der Waals surface area contributed by atoms with Crippen LogP contribution in [0.15, 0.2) is 41.7 Å². The summed E-state index contributed by atoms with van der Waals surface area (Å²) in [6.45, 7) is 0. The summed E-state index contributed by atoms with van der Waals surface area (Å²) >= 11 is 0. The second-order valence-electron chi connectivity index (χ2n) is 4.78. The molecule has 1 aromatic carbocycles. The zero-order valence-electron chi connectivity index (χ0n) is 11.5. The van der Waals surface area contributed by atoms with Crippen molar-refractivity contribution in [3.8, 4) is 0 Å². The van der Waals surface area contributed by atoms with Gasteiger partial charge in [-0.15, -0.1) is 0 Å². The highest BCUT2D eigenvalue weighted by Gasteiger charge is 2.26. The molecule has 0 radical (unpaired) electrons. The zero-order valence-corrected chi connectivity index (χ0v) is 11.5. The number of carbonyl (C=O) groups excluding carboxylic acids is 1. The number of rotatable bonds is 4. The van der Waals surface area contributed by atoms with E-state index in [1.165, 1.54) is 0 Å². The maximum Gasteiger partial charge on any atom is 0.261 e. The highest BCUT2D eigenvalue weighted by atomic mass is 16.6. The second-order valence-corrected chi connectivity index (χ2v) is 4.78. The van der Waals surface area contributed by atoms with Gasteiger partial charge in [0.2, 0.25) is 6.10 Å². The molecular formula is C14H15N5O2. The van der Waals surface area contributed by atoms with Gasteiger partial charge in [0.15, 0.2) is 0 Å². The van der Waals surface area contributed by atoms with Crippen LogP contribution < -0.4 is 11.1 Å². The van der Waals surface area contributed by atoms with Gasteiger partial charge in [-0.05, 0) is 17.7 Å². The monoisotopic (exact) mass is 285 g/mol. The van der Waals surface area contributed by atoms with Gasteiger partial charge in [0.1, 0.15) is 5.82 Å². The molecule has 7 nitrogen and oxygen atoms in total. The van der Waals surface area contributed by atoms with Gasteiger partial charge >= 0.3 is 0 Å². The largest absolute Gasteiger partial charge is 0.382 e. The van der Waals surface area contributed by atoms with Crippen molar-refractivity contribution in [2.45, 2.75) is 12.5 Å². The third-order valence-corrected chi connectivity index (χ3v) is 3.30. The fourth-order valence-corrected chi connectivity index (χ4v) is 2.09. The molecule has 2 aromatic rings. The molecule has 1 unspecified atom stereocenters. The number of aryl methyl sites for hydroxylation is 1. The molecular weight excluding hydrogens is 270 g/mol. The number of hydrogen-bond donors (Lipinski definition) is 2. The number of nitrogens with two attached hydrogens (primary N) is 1. The van der Waals surface area contributed by atoms with Crippen molar-refractivity contribution in [2.75, 3.05) is 5.32 Å². The molecule has 0 spiro atoms. The summed E-state index contributed by atoms with van der Waals surface area (Å²) in [6, 6.07) is 9.60. The van der Waals surface area contributed by atoms with Crippen LogP contribution in [0.1, 0.15) is 12.0 Å². The molecule has 21 heavy (non-hydrogen) atoms. The van der Waals surface area contributed by atoms with E-state index in [9.17, 15) is 4.79 Å². The zero-order chi connectivity index (χ0) is 14.8. The molecule has 0 fully saturated rings. The molecule has 1 aliphatic rings. The van der Waals surface area contributed by atoms with Crippen LogP contribution in [-0.4, -0.2) is 27.5 Å². The minimum atomic E-state index is -0.660. The van der Waals surface area contributed by atoms with Crippen LogP contribution in [0.4, 0.5) is 11.5 Å². The molecule has 1 aliphatic heterocycles. The molecule has 1 aromatic heterocycles. The van der Waals surface area contributed by atoms with Crippen LogP contribution >= 0.6 is 0 Å². The summed E-state index contributed by atoms with van der Waals surface area (Å²) in [5.74, 6) is 0.404. The second kappa shape index (κ2) is 5.28. The fraction of sp³-hybridized carbons (Fsp3) is 0.214. The minimum absolute atomic E-state index is 0.407. The predicted octanol–water partition coefficient (Wildman–Crippen LogP) is 1.14. The summed E-state index contributed by atoms with van der Waals surface area (Å²) in [6.07, 6.45) is 1.47. The van der Waals surface area contributed by atoms with Crippen molar-refractivity contribution in [1.82, 2.24) is 9.78 Å². The lowest BCUT2D eigenvalue weighted by molar-refractivity contribution is -0.127. The van der Waals surface area contributed by atoms with Crippen LogP contribution in [0, 0.1) is 0 Å². The Bertz CT molecular complexity index is 690. The third-order valence-electron chi connectivity index (χ3n) is 3.30. The first kappa shape index (κ1) is 13.2. The average molecular weight is 285 g/mol. The number of nitrogens with one attached hydrogen (secondary N) is 1. The minimum Gasteiger partial charge on any atom is -0.382 e. The highest BCUT2D eigenvalue weighted by Crippen LogP contribution is 2.20. The number of carbonyl (C=O) groups is 1. The molecule has 7 heteroatoms. The van der Waals surface area contributed by atoms with Gasteiger partial charge in [-0.1, -0.05) is 17.3 Å². The maximum atomic E-state index is 11.0. The van der Waals surface area contributed by atoms with Gasteiger partial charge in [-0.3, -0.25) is 9.48 Å². The number of oxime groups is 1. The van der Waals surface area contributed by atoms with Crippen molar-refractivity contribution < 1.29 is 9.63 Å². The normalized spacial score (nSPS) is 17.2. The first-order valence-electron chi connectivity index (χ1n) is 6.51. The van der Waals surface area contributed by atoms with Gasteiger partial charge in [0.05, 0.1) is 11.9 Å². The van der Waals surface area contributed by atoms with Crippen molar-refractivity contribution in [2.24, 2.45) is 17.9 Å². The summed E-state index contributed by atoms with van der Waals surface area (Å²) in [5, 5.41) is 11.3. The summed E-state index contributed by atoms with van der Waals surface area (Å²) in [4.78, 5) is 16.0. The topological polar surface area (TPSA) is 94.5 Å². The molecule has 108 valence electrons. The average Bonchev–Trinajstić information content (AvgIpc) is 3.10. The first-order chi connectivity index (χ1) is 10.1. The van der Waals surface area contributed by atoms with Crippen LogP contribution in [-0.2, 0) is 16.7 Å². The Balaban J connectivity index is 1.70. The number of hydrogen-bond acceptors (Lipinski definition) is 5. The van der Waals surface area contributed by atoms with Gasteiger partial charge in [0.25, 0.3) is 5.91 Å². The van der Waals surface area contributed by atoms with Gasteiger partial charge in [-0.2, -0.15) is 5.10 Å². The van der Waals surface area contributed by atoms with Crippen LogP contribution in [0.3, 0.4) is 0 Å². The SMILES string of the molecule is Cn1nccc1Nc1ccc(C2=NOC(C(N)=O)C2)cc1. The van der Waals surface area contributed by atoms with E-state index in [-0.39, 0.29) is 0 Å². The van der Waals surface area contributed by atoms with Crippen LogP contribution in [0.25, 0.3) is 0 Å². The third kappa shape index (κ3) is 2.71. The van der Waals surface area contributed by atoms with Crippen molar-refractivity contribution in [3.05, 3.63) is 42.1 Å². The smallest absolute Gasteiger partial charge is 0.261 e. The van der Waals surface area contributed by atoms with Gasteiger partial charge in [0, 0.05) is 25.2 Å². The Morgan fingerprint density at radius 1 is 1.38 bits per heavy atom. The Morgan fingerprint density at radius 2 is 2.14 bits per heavy atom. The van der Waals surface area contributed by atoms with Crippen molar-refractivity contribution in [3.63, 3.8) is 0 Å². The lowest BCUT2D eigenvalue weighted by atomic mass is 10.0. The Kier molecular flexibility index (Phi) is 3.31. The summed E-state index contributed by atoms with van der Waals surface area (Å²) in [7, 11) is 1.87. The lowest BCUT2D eigenvalue weighted by Crippen LogP contribution is -2.28. The van der Waals surface area contributed by atoms with E-state index in [1.807, 2.05) is 37.4 Å². The number of benzene rings is 1. The molecule has 2 heterocycles. The Morgan fingerprint density at radius 3 is 2.71 bits per heavy atom. The Hall–Kier alpha value is -2.83. The van der Waals surface area contributed by atoms with Gasteiger partial charge in [-0.25, -0.2) is 0 Å². The Labute approximate surface area is 121 Å². The van der Waals surface area contributed by atoms with Crippen LogP contribution in [0.5, 0.6) is 0 Å². The van der Waals surface area contributed by atoms with E-state index in [0.29, 0.717) is 6.42 Å². The van der Waals surface area contributed by atoms with Crippen molar-refractivity contribution in [1.29, 1.82) is 0 Å². The molecule has 0 saturated carbocycles. The van der Waals surface area contributed by atoms with E-state index < -0.39 is 12.0 Å².